The molecule has 1 atom stereocenters. The molecule has 3 N–H and O–H groups in total. The maximum absolute atomic E-state index is 11.9. The summed E-state index contributed by atoms with van der Waals surface area (Å²) in [6.07, 6.45) is 1.55. The molecule has 5 nitrogen and oxygen atoms in total. The topological polar surface area (TPSA) is 75.8 Å². The number of anilines is 2. The third-order valence-corrected chi connectivity index (χ3v) is 3.77. The third-order valence-electron chi connectivity index (χ3n) is 3.48. The molecule has 6 heteroatoms. The molecule has 1 unspecified atom stereocenters. The Morgan fingerprint density at radius 1 is 1.55 bits per heavy atom. The van der Waals surface area contributed by atoms with Gasteiger partial charge in [0.2, 0.25) is 0 Å². The van der Waals surface area contributed by atoms with E-state index in [0.717, 1.165) is 19.4 Å². The molecule has 0 spiro atoms. The van der Waals surface area contributed by atoms with Gasteiger partial charge < -0.3 is 20.5 Å². The van der Waals surface area contributed by atoms with Gasteiger partial charge in [-0.1, -0.05) is 11.6 Å². The third kappa shape index (κ3) is 2.99. The zero-order valence-electron chi connectivity index (χ0n) is 11.6. The molecule has 0 bridgehead atoms. The highest BCUT2D eigenvalue weighted by molar-refractivity contribution is 6.34. The maximum Gasteiger partial charge on any atom is 0.340 e. The number of piperidine rings is 1. The van der Waals surface area contributed by atoms with Crippen molar-refractivity contribution < 1.29 is 14.6 Å². The molecular formula is C14H19ClN2O3. The summed E-state index contributed by atoms with van der Waals surface area (Å²) in [6.45, 7) is 2.92. The molecule has 1 fully saturated rings. The number of ether oxygens (including phenoxy) is 1. The number of nitrogen functional groups attached to an aromatic ring is 1. The Balaban J connectivity index is 2.47. The second-order valence-corrected chi connectivity index (χ2v) is 5.82. The molecular weight excluding hydrogens is 280 g/mol. The quantitative estimate of drug-likeness (QED) is 0.645. The van der Waals surface area contributed by atoms with E-state index in [1.54, 1.807) is 19.1 Å². The number of nitrogens with zero attached hydrogens (tertiary/aromatic N) is 1. The fraction of sp³-hybridized carbons (Fsp3) is 0.500. The lowest BCUT2D eigenvalue weighted by Gasteiger charge is -2.39. The van der Waals surface area contributed by atoms with Crippen LogP contribution in [0.15, 0.2) is 12.1 Å². The van der Waals surface area contributed by atoms with Crippen LogP contribution in [0.4, 0.5) is 11.4 Å². The summed E-state index contributed by atoms with van der Waals surface area (Å²) in [5.41, 5.74) is 6.26. The van der Waals surface area contributed by atoms with Crippen LogP contribution in [0, 0.1) is 0 Å². The molecule has 0 aromatic heterocycles. The van der Waals surface area contributed by atoms with Gasteiger partial charge in [0.1, 0.15) is 0 Å². The molecule has 1 aliphatic heterocycles. The first-order valence-corrected chi connectivity index (χ1v) is 6.86. The van der Waals surface area contributed by atoms with Crippen molar-refractivity contribution in [3.63, 3.8) is 0 Å². The molecule has 2 rings (SSSR count). The SMILES string of the molecule is COC(=O)c1cc(N)cc(Cl)c1N1CCCC(C)(O)C1. The lowest BCUT2D eigenvalue weighted by atomic mass is 9.94. The van der Waals surface area contributed by atoms with E-state index < -0.39 is 11.6 Å². The second kappa shape index (κ2) is 5.50. The van der Waals surface area contributed by atoms with Crippen LogP contribution < -0.4 is 10.6 Å². The summed E-state index contributed by atoms with van der Waals surface area (Å²) in [6, 6.07) is 3.16. The number of carbonyl (C=O) groups excluding carboxylic acids is 1. The average Bonchev–Trinajstić information content (AvgIpc) is 2.35. The number of benzene rings is 1. The molecule has 1 aromatic rings. The second-order valence-electron chi connectivity index (χ2n) is 5.41. The first kappa shape index (κ1) is 14.9. The Hall–Kier alpha value is -1.46. The van der Waals surface area contributed by atoms with E-state index in [4.69, 9.17) is 22.1 Å². The monoisotopic (exact) mass is 298 g/mol. The number of hydrogen-bond acceptors (Lipinski definition) is 5. The van der Waals surface area contributed by atoms with Crippen molar-refractivity contribution in [3.05, 3.63) is 22.7 Å². The predicted molar refractivity (Wildman–Crippen MR) is 79.3 cm³/mol. The van der Waals surface area contributed by atoms with Gasteiger partial charge in [0, 0.05) is 18.8 Å². The normalized spacial score (nSPS) is 22.7. The van der Waals surface area contributed by atoms with Crippen LogP contribution in [0.3, 0.4) is 0 Å². The van der Waals surface area contributed by atoms with Crippen molar-refractivity contribution in [1.82, 2.24) is 0 Å². The lowest BCUT2D eigenvalue weighted by Crippen LogP contribution is -2.46. The van der Waals surface area contributed by atoms with E-state index in [1.165, 1.54) is 7.11 Å². The highest BCUT2D eigenvalue weighted by atomic mass is 35.5. The largest absolute Gasteiger partial charge is 0.465 e. The van der Waals surface area contributed by atoms with Crippen molar-refractivity contribution in [3.8, 4) is 0 Å². The van der Waals surface area contributed by atoms with E-state index in [1.807, 2.05) is 4.90 Å². The van der Waals surface area contributed by atoms with Crippen LogP contribution in [0.5, 0.6) is 0 Å². The first-order valence-electron chi connectivity index (χ1n) is 6.49. The van der Waals surface area contributed by atoms with Gasteiger partial charge in [-0.25, -0.2) is 4.79 Å². The van der Waals surface area contributed by atoms with Crippen molar-refractivity contribution in [2.45, 2.75) is 25.4 Å². The van der Waals surface area contributed by atoms with Gasteiger partial charge in [-0.05, 0) is 31.9 Å². The van der Waals surface area contributed by atoms with Gasteiger partial charge in [-0.3, -0.25) is 0 Å². The van der Waals surface area contributed by atoms with Crippen LogP contribution >= 0.6 is 11.6 Å². The van der Waals surface area contributed by atoms with E-state index in [-0.39, 0.29) is 0 Å². The molecule has 0 amide bonds. The Morgan fingerprint density at radius 3 is 2.85 bits per heavy atom. The van der Waals surface area contributed by atoms with E-state index in [2.05, 4.69) is 0 Å². The molecule has 0 aliphatic carbocycles. The number of methoxy groups -OCH3 is 1. The molecule has 0 saturated carbocycles. The average molecular weight is 299 g/mol. The summed E-state index contributed by atoms with van der Waals surface area (Å²) in [5, 5.41) is 10.6. The summed E-state index contributed by atoms with van der Waals surface area (Å²) in [4.78, 5) is 13.8. The molecule has 1 aromatic carbocycles. The number of halogens is 1. The molecule has 1 aliphatic rings. The van der Waals surface area contributed by atoms with Gasteiger partial charge in [0.15, 0.2) is 0 Å². The minimum Gasteiger partial charge on any atom is -0.465 e. The summed E-state index contributed by atoms with van der Waals surface area (Å²) >= 11 is 6.25. The first-order chi connectivity index (χ1) is 9.34. The smallest absolute Gasteiger partial charge is 0.340 e. The standard InChI is InChI=1S/C14H19ClN2O3/c1-14(19)4-3-5-17(8-14)12-10(13(18)20-2)6-9(16)7-11(12)15/h6-7,19H,3-5,8,16H2,1-2H3. The van der Waals surface area contributed by atoms with E-state index >= 15 is 0 Å². The number of rotatable bonds is 2. The number of esters is 1. The van der Waals surface area contributed by atoms with Gasteiger partial charge >= 0.3 is 5.97 Å². The minimum absolute atomic E-state index is 0.329. The maximum atomic E-state index is 11.9. The number of hydrogen-bond donors (Lipinski definition) is 2. The van der Waals surface area contributed by atoms with Gasteiger partial charge in [-0.2, -0.15) is 0 Å². The Bertz CT molecular complexity index is 531. The fourth-order valence-corrected chi connectivity index (χ4v) is 2.97. The predicted octanol–water partition coefficient (Wildman–Crippen LogP) is 2.06. The van der Waals surface area contributed by atoms with Crippen LogP contribution in [0.1, 0.15) is 30.1 Å². The van der Waals surface area contributed by atoms with Crippen LogP contribution in [-0.2, 0) is 4.74 Å². The molecule has 1 heterocycles. The van der Waals surface area contributed by atoms with E-state index in [0.29, 0.717) is 28.5 Å². The lowest BCUT2D eigenvalue weighted by molar-refractivity contribution is 0.0444. The Morgan fingerprint density at radius 2 is 2.25 bits per heavy atom. The zero-order chi connectivity index (χ0) is 14.9. The summed E-state index contributed by atoms with van der Waals surface area (Å²) in [7, 11) is 1.32. The fourth-order valence-electron chi connectivity index (χ4n) is 2.62. The van der Waals surface area contributed by atoms with Gasteiger partial charge in [0.05, 0.1) is 29.0 Å². The van der Waals surface area contributed by atoms with Crippen molar-refractivity contribution >= 4 is 28.9 Å². The number of nitrogens with two attached hydrogens (primary N) is 1. The molecule has 1 saturated heterocycles. The number of carbonyl (C=O) groups is 1. The number of aliphatic hydroxyl groups is 1. The molecule has 20 heavy (non-hydrogen) atoms. The molecule has 0 radical (unpaired) electrons. The highest BCUT2D eigenvalue weighted by Gasteiger charge is 2.31. The summed E-state index contributed by atoms with van der Waals surface area (Å²) in [5.74, 6) is -0.487. The Kier molecular flexibility index (Phi) is 4.11. The molecule has 110 valence electrons. The van der Waals surface area contributed by atoms with Crippen LogP contribution in [0.2, 0.25) is 5.02 Å². The van der Waals surface area contributed by atoms with Gasteiger partial charge in [-0.15, -0.1) is 0 Å². The van der Waals surface area contributed by atoms with Crippen molar-refractivity contribution in [2.24, 2.45) is 0 Å². The zero-order valence-corrected chi connectivity index (χ0v) is 12.4. The highest BCUT2D eigenvalue weighted by Crippen LogP contribution is 2.36. The van der Waals surface area contributed by atoms with Crippen molar-refractivity contribution in [1.29, 1.82) is 0 Å². The van der Waals surface area contributed by atoms with Gasteiger partial charge in [0.25, 0.3) is 0 Å². The van der Waals surface area contributed by atoms with E-state index in [9.17, 15) is 9.90 Å². The van der Waals surface area contributed by atoms with Crippen LogP contribution in [-0.4, -0.2) is 36.9 Å². The minimum atomic E-state index is -0.795. The summed E-state index contributed by atoms with van der Waals surface area (Å²) < 4.78 is 4.79. The van der Waals surface area contributed by atoms with Crippen LogP contribution in [0.25, 0.3) is 0 Å². The van der Waals surface area contributed by atoms with Crippen molar-refractivity contribution in [2.75, 3.05) is 30.8 Å². The Labute approximate surface area is 123 Å². The number of β-amino-alcohol motifs (C(OH)–C–C–N with tert-alkyl or cyclic N) is 1.